The van der Waals surface area contributed by atoms with E-state index in [2.05, 4.69) is 25.3 Å². The van der Waals surface area contributed by atoms with Gasteiger partial charge in [-0.1, -0.05) is 30.3 Å². The highest BCUT2D eigenvalue weighted by molar-refractivity contribution is 5.59. The van der Waals surface area contributed by atoms with Gasteiger partial charge in [0.1, 0.15) is 5.82 Å². The third-order valence-electron chi connectivity index (χ3n) is 3.69. The van der Waals surface area contributed by atoms with Gasteiger partial charge in [0.25, 0.3) is 0 Å². The van der Waals surface area contributed by atoms with Gasteiger partial charge in [0.2, 0.25) is 0 Å². The van der Waals surface area contributed by atoms with Gasteiger partial charge in [-0.3, -0.25) is 9.97 Å². The molecule has 4 aromatic rings. The highest BCUT2D eigenvalue weighted by Crippen LogP contribution is 2.19. The zero-order valence-electron chi connectivity index (χ0n) is 13.1. The van der Waals surface area contributed by atoms with Gasteiger partial charge in [0.15, 0.2) is 11.5 Å². The van der Waals surface area contributed by atoms with E-state index in [1.165, 1.54) is 0 Å². The fraction of sp³-hybridized carbons (Fsp3) is 0.118. The van der Waals surface area contributed by atoms with Crippen molar-refractivity contribution in [2.45, 2.75) is 6.54 Å². The number of anilines is 1. The summed E-state index contributed by atoms with van der Waals surface area (Å²) in [4.78, 5) is 10.4. The summed E-state index contributed by atoms with van der Waals surface area (Å²) in [5, 5.41) is 13.1. The summed E-state index contributed by atoms with van der Waals surface area (Å²) in [6.45, 7) is 0.620. The normalized spacial score (nSPS) is 10.9. The zero-order valence-corrected chi connectivity index (χ0v) is 13.1. The summed E-state index contributed by atoms with van der Waals surface area (Å²) in [5.41, 5.74) is 2.57. The van der Waals surface area contributed by atoms with Crippen LogP contribution in [-0.4, -0.2) is 36.8 Å². The average molecular weight is 317 g/mol. The number of aromatic nitrogens is 6. The molecule has 3 heterocycles. The first kappa shape index (κ1) is 14.3. The molecule has 0 spiro atoms. The van der Waals surface area contributed by atoms with Crippen LogP contribution in [0.25, 0.3) is 17.0 Å². The van der Waals surface area contributed by atoms with Crippen LogP contribution in [0.3, 0.4) is 0 Å². The van der Waals surface area contributed by atoms with Crippen molar-refractivity contribution in [2.75, 3.05) is 11.9 Å². The quantitative estimate of drug-likeness (QED) is 0.575. The first-order valence-electron chi connectivity index (χ1n) is 7.55. The highest BCUT2D eigenvalue weighted by atomic mass is 15.4. The van der Waals surface area contributed by atoms with Crippen molar-refractivity contribution >= 4 is 11.5 Å². The maximum absolute atomic E-state index is 4.68. The lowest BCUT2D eigenvalue weighted by Gasteiger charge is -2.17. The SMILES string of the molecule is CN(Cc1cnccn1)c1ccc2nnc(-c3ccccc3)n2n1. The standard InChI is InChI=1S/C17H15N7/c1-23(12-14-11-18-9-10-19-14)16-8-7-15-20-21-17(24(15)22-16)13-5-3-2-4-6-13/h2-11H,12H2,1H3. The van der Waals surface area contributed by atoms with Crippen molar-refractivity contribution in [1.82, 2.24) is 29.8 Å². The molecule has 7 heteroatoms. The fourth-order valence-corrected chi connectivity index (χ4v) is 2.49. The van der Waals surface area contributed by atoms with Crippen LogP contribution in [-0.2, 0) is 6.54 Å². The second kappa shape index (κ2) is 6.04. The molecule has 7 nitrogen and oxygen atoms in total. The summed E-state index contributed by atoms with van der Waals surface area (Å²) in [5.74, 6) is 1.53. The van der Waals surface area contributed by atoms with E-state index in [-0.39, 0.29) is 0 Å². The number of fused-ring (bicyclic) bond motifs is 1. The first-order chi connectivity index (χ1) is 11.8. The van der Waals surface area contributed by atoms with Crippen molar-refractivity contribution in [2.24, 2.45) is 0 Å². The molecule has 0 aliphatic rings. The molecule has 0 radical (unpaired) electrons. The van der Waals surface area contributed by atoms with E-state index in [0.717, 1.165) is 22.9 Å². The van der Waals surface area contributed by atoms with Crippen molar-refractivity contribution in [3.8, 4) is 11.4 Å². The second-order valence-corrected chi connectivity index (χ2v) is 5.40. The van der Waals surface area contributed by atoms with Crippen LogP contribution in [0.1, 0.15) is 5.69 Å². The van der Waals surface area contributed by atoms with Gasteiger partial charge in [-0.05, 0) is 12.1 Å². The molecule has 0 unspecified atom stereocenters. The Hall–Kier alpha value is -3.35. The molecule has 0 aliphatic heterocycles. The second-order valence-electron chi connectivity index (χ2n) is 5.40. The Morgan fingerprint density at radius 2 is 1.88 bits per heavy atom. The molecule has 0 bridgehead atoms. The lowest BCUT2D eigenvalue weighted by molar-refractivity contribution is 0.820. The molecule has 4 rings (SSSR count). The Morgan fingerprint density at radius 3 is 2.67 bits per heavy atom. The minimum absolute atomic E-state index is 0.620. The zero-order chi connectivity index (χ0) is 16.4. The molecule has 24 heavy (non-hydrogen) atoms. The third kappa shape index (κ3) is 2.67. The summed E-state index contributed by atoms with van der Waals surface area (Å²) in [6, 6.07) is 13.7. The lowest BCUT2D eigenvalue weighted by Crippen LogP contribution is -2.19. The monoisotopic (exact) mass is 317 g/mol. The molecule has 0 saturated heterocycles. The smallest absolute Gasteiger partial charge is 0.185 e. The Balaban J connectivity index is 1.70. The van der Waals surface area contributed by atoms with Gasteiger partial charge in [0.05, 0.1) is 18.4 Å². The lowest BCUT2D eigenvalue weighted by atomic mass is 10.2. The molecule has 3 aromatic heterocycles. The van der Waals surface area contributed by atoms with Crippen molar-refractivity contribution in [3.05, 3.63) is 66.7 Å². The van der Waals surface area contributed by atoms with Crippen molar-refractivity contribution < 1.29 is 0 Å². The van der Waals surface area contributed by atoms with Crippen LogP contribution >= 0.6 is 0 Å². The minimum atomic E-state index is 0.620. The number of hydrogen-bond acceptors (Lipinski definition) is 6. The van der Waals surface area contributed by atoms with Gasteiger partial charge in [-0.2, -0.15) is 4.52 Å². The van der Waals surface area contributed by atoms with Crippen LogP contribution in [0.5, 0.6) is 0 Å². The van der Waals surface area contributed by atoms with Crippen molar-refractivity contribution in [1.29, 1.82) is 0 Å². The maximum atomic E-state index is 4.68. The predicted molar refractivity (Wildman–Crippen MR) is 90.4 cm³/mol. The molecular weight excluding hydrogens is 302 g/mol. The molecule has 118 valence electrons. The van der Waals surface area contributed by atoms with Crippen LogP contribution in [0, 0.1) is 0 Å². The van der Waals surface area contributed by atoms with Crippen LogP contribution in [0.2, 0.25) is 0 Å². The highest BCUT2D eigenvalue weighted by Gasteiger charge is 2.11. The summed E-state index contributed by atoms with van der Waals surface area (Å²) < 4.78 is 1.76. The van der Waals surface area contributed by atoms with E-state index in [4.69, 9.17) is 0 Å². The Kier molecular flexibility index (Phi) is 3.59. The van der Waals surface area contributed by atoms with Gasteiger partial charge in [-0.25, -0.2) is 0 Å². The summed E-state index contributed by atoms with van der Waals surface area (Å²) in [7, 11) is 1.97. The maximum Gasteiger partial charge on any atom is 0.185 e. The van der Waals surface area contributed by atoms with Gasteiger partial charge in [-0.15, -0.1) is 15.3 Å². The van der Waals surface area contributed by atoms with Crippen LogP contribution < -0.4 is 4.90 Å². The topological polar surface area (TPSA) is 72.1 Å². The van der Waals surface area contributed by atoms with Gasteiger partial charge < -0.3 is 4.90 Å². The van der Waals surface area contributed by atoms with Crippen LogP contribution in [0.4, 0.5) is 5.82 Å². The third-order valence-corrected chi connectivity index (χ3v) is 3.69. The van der Waals surface area contributed by atoms with E-state index < -0.39 is 0 Å². The molecule has 0 atom stereocenters. The molecule has 0 N–H and O–H groups in total. The molecule has 0 aliphatic carbocycles. The van der Waals surface area contributed by atoms with E-state index in [1.807, 2.05) is 54.4 Å². The van der Waals surface area contributed by atoms with Crippen molar-refractivity contribution in [3.63, 3.8) is 0 Å². The molecule has 0 fully saturated rings. The van der Waals surface area contributed by atoms with E-state index in [9.17, 15) is 0 Å². The Labute approximate surface area is 138 Å². The largest absolute Gasteiger partial charge is 0.352 e. The molecular formula is C17H15N7. The van der Waals surface area contributed by atoms with E-state index >= 15 is 0 Å². The molecule has 0 saturated carbocycles. The molecule has 0 amide bonds. The van der Waals surface area contributed by atoms with E-state index in [0.29, 0.717) is 12.2 Å². The van der Waals surface area contributed by atoms with Gasteiger partial charge in [0, 0.05) is 25.0 Å². The van der Waals surface area contributed by atoms with E-state index in [1.54, 1.807) is 23.1 Å². The Morgan fingerprint density at radius 1 is 1.00 bits per heavy atom. The number of nitrogens with zero attached hydrogens (tertiary/aromatic N) is 7. The summed E-state index contributed by atoms with van der Waals surface area (Å²) >= 11 is 0. The minimum Gasteiger partial charge on any atom is -0.352 e. The molecule has 1 aromatic carbocycles. The first-order valence-corrected chi connectivity index (χ1v) is 7.55. The summed E-state index contributed by atoms with van der Waals surface area (Å²) in [6.07, 6.45) is 5.10. The van der Waals surface area contributed by atoms with Crippen LogP contribution in [0.15, 0.2) is 61.1 Å². The number of benzene rings is 1. The van der Waals surface area contributed by atoms with Gasteiger partial charge >= 0.3 is 0 Å². The predicted octanol–water partition coefficient (Wildman–Crippen LogP) is 2.22. The Bertz CT molecular complexity index is 951. The number of hydrogen-bond donors (Lipinski definition) is 0. The number of rotatable bonds is 4. The fourth-order valence-electron chi connectivity index (χ4n) is 2.49. The average Bonchev–Trinajstić information content (AvgIpc) is 3.06.